The first-order valence-electron chi connectivity index (χ1n) is 4.44. The molecule has 0 spiro atoms. The van der Waals surface area contributed by atoms with Crippen molar-refractivity contribution in [2.45, 2.75) is 32.6 Å². The van der Waals surface area contributed by atoms with Crippen LogP contribution in [0.3, 0.4) is 0 Å². The van der Waals surface area contributed by atoms with Gasteiger partial charge in [0.1, 0.15) is 0 Å². The van der Waals surface area contributed by atoms with E-state index in [0.717, 1.165) is 25.7 Å². The van der Waals surface area contributed by atoms with Crippen LogP contribution in [0.25, 0.3) is 0 Å². The lowest BCUT2D eigenvalue weighted by Crippen LogP contribution is -2.00. The van der Waals surface area contributed by atoms with Gasteiger partial charge in [-0.25, -0.2) is 9.79 Å². The van der Waals surface area contributed by atoms with Gasteiger partial charge in [-0.2, -0.15) is 0 Å². The number of rotatable bonds is 7. The van der Waals surface area contributed by atoms with Gasteiger partial charge in [0.05, 0.1) is 13.2 Å². The molecule has 0 saturated carbocycles. The molecule has 0 aromatic heterocycles. The van der Waals surface area contributed by atoms with Crippen LogP contribution in [0.2, 0.25) is 0 Å². The number of nitrogens with zero attached hydrogens (tertiary/aromatic N) is 1. The fraction of sp³-hybridized carbons (Fsp3) is 0.778. The molecule has 0 aliphatic rings. The highest BCUT2D eigenvalue weighted by molar-refractivity contribution is 5.65. The third-order valence-electron chi connectivity index (χ3n) is 1.53. The van der Waals surface area contributed by atoms with Gasteiger partial charge in [-0.05, 0) is 19.3 Å². The minimum absolute atomic E-state index is 0.231. The zero-order valence-corrected chi connectivity index (χ0v) is 7.91. The Bertz CT molecular complexity index is 179. The molecule has 0 N–H and O–H groups in total. The van der Waals surface area contributed by atoms with E-state index in [1.807, 2.05) is 0 Å². The number of ether oxygens (including phenoxy) is 1. The molecular weight excluding hydrogens is 170 g/mol. The Morgan fingerprint density at radius 3 is 2.62 bits per heavy atom. The van der Waals surface area contributed by atoms with Gasteiger partial charge in [0, 0.05) is 6.92 Å². The van der Waals surface area contributed by atoms with Crippen LogP contribution in [0.1, 0.15) is 32.6 Å². The SMILES string of the molecule is CC(=O)OCCCCCCN=C=O. The monoisotopic (exact) mass is 185 g/mol. The maximum absolute atomic E-state index is 10.3. The first-order valence-corrected chi connectivity index (χ1v) is 4.44. The summed E-state index contributed by atoms with van der Waals surface area (Å²) >= 11 is 0. The molecule has 4 heteroatoms. The van der Waals surface area contributed by atoms with Gasteiger partial charge in [0.2, 0.25) is 6.08 Å². The van der Waals surface area contributed by atoms with Gasteiger partial charge in [0.25, 0.3) is 0 Å². The van der Waals surface area contributed by atoms with E-state index in [4.69, 9.17) is 4.74 Å². The van der Waals surface area contributed by atoms with Crippen LogP contribution >= 0.6 is 0 Å². The summed E-state index contributed by atoms with van der Waals surface area (Å²) in [7, 11) is 0. The minimum atomic E-state index is -0.231. The zero-order valence-electron chi connectivity index (χ0n) is 7.91. The van der Waals surface area contributed by atoms with Crippen LogP contribution in [0.4, 0.5) is 0 Å². The van der Waals surface area contributed by atoms with E-state index < -0.39 is 0 Å². The van der Waals surface area contributed by atoms with E-state index in [0.29, 0.717) is 13.2 Å². The molecule has 0 unspecified atom stereocenters. The van der Waals surface area contributed by atoms with Crippen molar-refractivity contribution in [2.75, 3.05) is 13.2 Å². The highest BCUT2D eigenvalue weighted by atomic mass is 16.5. The average Bonchev–Trinajstić information content (AvgIpc) is 2.09. The Labute approximate surface area is 78.0 Å². The van der Waals surface area contributed by atoms with Crippen molar-refractivity contribution >= 4 is 12.0 Å². The first-order chi connectivity index (χ1) is 6.27. The molecule has 0 saturated heterocycles. The van der Waals surface area contributed by atoms with Crippen LogP contribution in [0, 0.1) is 0 Å². The lowest BCUT2D eigenvalue weighted by molar-refractivity contribution is -0.141. The molecule has 0 fully saturated rings. The van der Waals surface area contributed by atoms with E-state index in [2.05, 4.69) is 4.99 Å². The van der Waals surface area contributed by atoms with E-state index in [9.17, 15) is 9.59 Å². The number of esters is 1. The number of aliphatic imine (C=N–C) groups is 1. The summed E-state index contributed by atoms with van der Waals surface area (Å²) < 4.78 is 4.74. The maximum Gasteiger partial charge on any atom is 0.302 e. The van der Waals surface area contributed by atoms with E-state index in [-0.39, 0.29) is 5.97 Å². The van der Waals surface area contributed by atoms with Gasteiger partial charge in [-0.15, -0.1) is 0 Å². The predicted molar refractivity (Wildman–Crippen MR) is 48.1 cm³/mol. The lowest BCUT2D eigenvalue weighted by Gasteiger charge is -2.00. The molecular formula is C9H15NO3. The van der Waals surface area contributed by atoms with Gasteiger partial charge >= 0.3 is 5.97 Å². The molecule has 13 heavy (non-hydrogen) atoms. The third-order valence-corrected chi connectivity index (χ3v) is 1.53. The van der Waals surface area contributed by atoms with Crippen molar-refractivity contribution in [3.8, 4) is 0 Å². The summed E-state index contributed by atoms with van der Waals surface area (Å²) in [5.41, 5.74) is 0. The molecule has 0 aliphatic heterocycles. The fourth-order valence-electron chi connectivity index (χ4n) is 0.908. The summed E-state index contributed by atoms with van der Waals surface area (Å²) in [6.07, 6.45) is 5.28. The molecule has 0 aliphatic carbocycles. The average molecular weight is 185 g/mol. The lowest BCUT2D eigenvalue weighted by atomic mass is 10.2. The van der Waals surface area contributed by atoms with E-state index in [1.165, 1.54) is 13.0 Å². The van der Waals surface area contributed by atoms with Gasteiger partial charge < -0.3 is 4.74 Å². The van der Waals surface area contributed by atoms with Crippen molar-refractivity contribution < 1.29 is 14.3 Å². The Morgan fingerprint density at radius 2 is 2.00 bits per heavy atom. The van der Waals surface area contributed by atoms with Gasteiger partial charge in [0.15, 0.2) is 0 Å². The largest absolute Gasteiger partial charge is 0.466 e. The summed E-state index contributed by atoms with van der Waals surface area (Å²) in [6.45, 7) is 2.45. The number of carbonyl (C=O) groups is 1. The van der Waals surface area contributed by atoms with Crippen molar-refractivity contribution in [3.05, 3.63) is 0 Å². The normalized spacial score (nSPS) is 9.00. The molecule has 4 nitrogen and oxygen atoms in total. The molecule has 74 valence electrons. The van der Waals surface area contributed by atoms with Crippen LogP contribution in [0.5, 0.6) is 0 Å². The van der Waals surface area contributed by atoms with E-state index in [1.54, 1.807) is 0 Å². The second-order valence-corrected chi connectivity index (χ2v) is 2.73. The Balaban J connectivity index is 2.99. The highest BCUT2D eigenvalue weighted by Crippen LogP contribution is 2.00. The fourth-order valence-corrected chi connectivity index (χ4v) is 0.908. The van der Waals surface area contributed by atoms with Crippen LogP contribution < -0.4 is 0 Å². The van der Waals surface area contributed by atoms with Crippen LogP contribution in [0.15, 0.2) is 4.99 Å². The molecule has 0 amide bonds. The summed E-state index contributed by atoms with van der Waals surface area (Å²) in [6, 6.07) is 0. The van der Waals surface area contributed by atoms with E-state index >= 15 is 0 Å². The van der Waals surface area contributed by atoms with Crippen LogP contribution in [-0.2, 0) is 14.3 Å². The number of hydrogen-bond donors (Lipinski definition) is 0. The van der Waals surface area contributed by atoms with Crippen molar-refractivity contribution in [2.24, 2.45) is 4.99 Å². The first kappa shape index (κ1) is 11.8. The highest BCUT2D eigenvalue weighted by Gasteiger charge is 1.92. The number of hydrogen-bond acceptors (Lipinski definition) is 4. The predicted octanol–water partition coefficient (Wildman–Crippen LogP) is 1.45. The van der Waals surface area contributed by atoms with Crippen molar-refractivity contribution in [1.29, 1.82) is 0 Å². The summed E-state index contributed by atoms with van der Waals surface area (Å²) in [5.74, 6) is -0.231. The standard InChI is InChI=1S/C9H15NO3/c1-9(12)13-7-5-3-2-4-6-10-8-11/h2-7H2,1H3. The number of carbonyl (C=O) groups excluding carboxylic acids is 2. The molecule has 0 atom stereocenters. The number of isocyanates is 1. The third kappa shape index (κ3) is 10.8. The Kier molecular flexibility index (Phi) is 8.15. The molecule has 0 radical (unpaired) electrons. The molecule has 0 aromatic rings. The minimum Gasteiger partial charge on any atom is -0.466 e. The van der Waals surface area contributed by atoms with Crippen molar-refractivity contribution in [3.63, 3.8) is 0 Å². The summed E-state index contributed by atoms with van der Waals surface area (Å²) in [5, 5.41) is 0. The van der Waals surface area contributed by atoms with Gasteiger partial charge in [-0.1, -0.05) is 6.42 Å². The van der Waals surface area contributed by atoms with Gasteiger partial charge in [-0.3, -0.25) is 4.79 Å². The molecule has 0 rings (SSSR count). The smallest absolute Gasteiger partial charge is 0.302 e. The molecule has 0 aromatic carbocycles. The zero-order chi connectivity index (χ0) is 9.94. The Morgan fingerprint density at radius 1 is 1.31 bits per heavy atom. The Hall–Kier alpha value is -1.15. The molecule has 0 bridgehead atoms. The summed E-state index contributed by atoms with van der Waals surface area (Å²) in [4.78, 5) is 23.4. The second kappa shape index (κ2) is 8.94. The maximum atomic E-state index is 10.3. The van der Waals surface area contributed by atoms with Crippen LogP contribution in [-0.4, -0.2) is 25.2 Å². The topological polar surface area (TPSA) is 55.7 Å². The second-order valence-electron chi connectivity index (χ2n) is 2.73. The quantitative estimate of drug-likeness (QED) is 0.261. The number of unbranched alkanes of at least 4 members (excludes halogenated alkanes) is 3. The van der Waals surface area contributed by atoms with Crippen molar-refractivity contribution in [1.82, 2.24) is 0 Å². The molecule has 0 heterocycles.